The van der Waals surface area contributed by atoms with Gasteiger partial charge in [0.25, 0.3) is 0 Å². The molecule has 0 spiro atoms. The molecule has 2 aromatic carbocycles. The Morgan fingerprint density at radius 1 is 1.12 bits per heavy atom. The number of hydrogen-bond donors (Lipinski definition) is 2. The van der Waals surface area contributed by atoms with Gasteiger partial charge >= 0.3 is 6.03 Å². The number of nitrogens with one attached hydrogen (secondary N) is 2. The quantitative estimate of drug-likeness (QED) is 0.722. The summed E-state index contributed by atoms with van der Waals surface area (Å²) in [6.45, 7) is 4.40. The van der Waals surface area contributed by atoms with Gasteiger partial charge < -0.3 is 24.8 Å². The average molecular weight is 365 g/mol. The minimum atomic E-state index is -0.411. The van der Waals surface area contributed by atoms with Crippen molar-refractivity contribution < 1.29 is 19.0 Å². The molecule has 2 amide bonds. The summed E-state index contributed by atoms with van der Waals surface area (Å²) in [4.78, 5) is 12.0. The second kappa shape index (κ2) is 9.03. The Hall–Kier alpha value is -2.60. The van der Waals surface area contributed by atoms with Crippen LogP contribution in [0.25, 0.3) is 0 Å². The molecule has 0 aromatic heterocycles. The molecule has 7 heteroatoms. The van der Waals surface area contributed by atoms with Crippen LogP contribution in [0.5, 0.6) is 17.2 Å². The predicted molar refractivity (Wildman–Crippen MR) is 98.0 cm³/mol. The molecule has 2 aromatic rings. The second-order valence-electron chi connectivity index (χ2n) is 5.13. The van der Waals surface area contributed by atoms with Crippen molar-refractivity contribution in [1.82, 2.24) is 5.32 Å². The lowest BCUT2D eigenvalue weighted by Gasteiger charge is -2.13. The molecule has 0 aliphatic rings. The Kier molecular flexibility index (Phi) is 6.77. The van der Waals surface area contributed by atoms with Crippen molar-refractivity contribution in [2.45, 2.75) is 13.8 Å². The number of carbonyl (C=O) groups excluding carboxylic acids is 1. The molecule has 0 bridgehead atoms. The largest absolute Gasteiger partial charge is 0.495 e. The van der Waals surface area contributed by atoms with Gasteiger partial charge in [0, 0.05) is 11.1 Å². The number of amides is 2. The van der Waals surface area contributed by atoms with Gasteiger partial charge in [0.1, 0.15) is 17.2 Å². The molecule has 0 aliphatic heterocycles. The number of hydrogen-bond acceptors (Lipinski definition) is 4. The van der Waals surface area contributed by atoms with E-state index in [4.69, 9.17) is 25.8 Å². The minimum Gasteiger partial charge on any atom is -0.495 e. The van der Waals surface area contributed by atoms with Crippen LogP contribution < -0.4 is 24.8 Å². The molecule has 6 nitrogen and oxygen atoms in total. The topological polar surface area (TPSA) is 68.8 Å². The van der Waals surface area contributed by atoms with Gasteiger partial charge in [0.05, 0.1) is 19.4 Å². The molecule has 0 fully saturated rings. The van der Waals surface area contributed by atoms with Gasteiger partial charge in [0.2, 0.25) is 0 Å². The summed E-state index contributed by atoms with van der Waals surface area (Å²) in [5.74, 6) is 1.88. The third-order valence-corrected chi connectivity index (χ3v) is 3.74. The molecule has 134 valence electrons. The molecule has 0 radical (unpaired) electrons. The summed E-state index contributed by atoms with van der Waals surface area (Å²) in [5, 5.41) is 5.89. The van der Waals surface area contributed by atoms with Crippen molar-refractivity contribution in [2.24, 2.45) is 0 Å². The standard InChI is InChI=1S/C18H21ClN2O4/c1-4-24-13-5-7-14(8-6-13)25-11-20-18(22)21-16-9-12(2)15(19)10-17(16)23-3/h5-10H,4,11H2,1-3H3,(H2,20,21,22). The van der Waals surface area contributed by atoms with Gasteiger partial charge in [-0.15, -0.1) is 0 Å². The summed E-state index contributed by atoms with van der Waals surface area (Å²) < 4.78 is 16.0. The van der Waals surface area contributed by atoms with E-state index in [2.05, 4.69) is 10.6 Å². The summed E-state index contributed by atoms with van der Waals surface area (Å²) in [6.07, 6.45) is 0. The first-order chi connectivity index (χ1) is 12.0. The smallest absolute Gasteiger partial charge is 0.321 e. The Balaban J connectivity index is 1.85. The van der Waals surface area contributed by atoms with E-state index < -0.39 is 6.03 Å². The van der Waals surface area contributed by atoms with Gasteiger partial charge in [-0.3, -0.25) is 0 Å². The van der Waals surface area contributed by atoms with Crippen molar-refractivity contribution in [1.29, 1.82) is 0 Å². The maximum absolute atomic E-state index is 12.0. The van der Waals surface area contributed by atoms with Crippen molar-refractivity contribution in [3.63, 3.8) is 0 Å². The highest BCUT2D eigenvalue weighted by atomic mass is 35.5. The second-order valence-corrected chi connectivity index (χ2v) is 5.53. The summed E-state index contributed by atoms with van der Waals surface area (Å²) in [6, 6.07) is 10.1. The van der Waals surface area contributed by atoms with Crippen LogP contribution in [-0.4, -0.2) is 26.5 Å². The normalized spacial score (nSPS) is 10.1. The first-order valence-corrected chi connectivity index (χ1v) is 8.16. The number of urea groups is 1. The number of ether oxygens (including phenoxy) is 3. The zero-order valence-corrected chi connectivity index (χ0v) is 15.1. The van der Waals surface area contributed by atoms with Crippen molar-refractivity contribution >= 4 is 23.3 Å². The van der Waals surface area contributed by atoms with E-state index in [0.29, 0.717) is 28.8 Å². The van der Waals surface area contributed by atoms with Gasteiger partial charge in [-0.05, 0) is 49.7 Å². The molecule has 2 N–H and O–H groups in total. The fourth-order valence-electron chi connectivity index (χ4n) is 2.08. The molecule has 25 heavy (non-hydrogen) atoms. The van der Waals surface area contributed by atoms with E-state index in [0.717, 1.165) is 11.3 Å². The lowest BCUT2D eigenvalue weighted by Crippen LogP contribution is -2.32. The average Bonchev–Trinajstić information content (AvgIpc) is 2.59. The molecule has 0 saturated heterocycles. The van der Waals surface area contributed by atoms with E-state index in [1.807, 2.05) is 13.8 Å². The van der Waals surface area contributed by atoms with Crippen LogP contribution in [0.3, 0.4) is 0 Å². The SMILES string of the molecule is CCOc1ccc(OCNC(=O)Nc2cc(C)c(Cl)cc2OC)cc1. The number of anilines is 1. The van der Waals surface area contributed by atoms with Gasteiger partial charge in [-0.1, -0.05) is 11.6 Å². The van der Waals surface area contributed by atoms with E-state index in [1.165, 1.54) is 7.11 Å². The molecule has 0 unspecified atom stereocenters. The highest BCUT2D eigenvalue weighted by Gasteiger charge is 2.10. The summed E-state index contributed by atoms with van der Waals surface area (Å²) in [5.41, 5.74) is 1.37. The highest BCUT2D eigenvalue weighted by molar-refractivity contribution is 6.31. The Morgan fingerprint density at radius 2 is 1.76 bits per heavy atom. The van der Waals surface area contributed by atoms with E-state index in [1.54, 1.807) is 36.4 Å². The van der Waals surface area contributed by atoms with E-state index in [-0.39, 0.29) is 6.73 Å². The molecule has 0 heterocycles. The number of carbonyl (C=O) groups is 1. The van der Waals surface area contributed by atoms with Gasteiger partial charge in [-0.25, -0.2) is 4.79 Å². The first-order valence-electron chi connectivity index (χ1n) is 7.78. The number of rotatable bonds is 7. The maximum atomic E-state index is 12.0. The van der Waals surface area contributed by atoms with Gasteiger partial charge in [0.15, 0.2) is 6.73 Å². The van der Waals surface area contributed by atoms with Crippen LogP contribution in [0.15, 0.2) is 36.4 Å². The zero-order chi connectivity index (χ0) is 18.2. The fraction of sp³-hybridized carbons (Fsp3) is 0.278. The van der Waals surface area contributed by atoms with Crippen LogP contribution >= 0.6 is 11.6 Å². The Bertz CT molecular complexity index is 720. The van der Waals surface area contributed by atoms with Crippen molar-refractivity contribution in [2.75, 3.05) is 25.8 Å². The number of benzene rings is 2. The van der Waals surface area contributed by atoms with Crippen LogP contribution in [0.2, 0.25) is 5.02 Å². The molecule has 0 atom stereocenters. The summed E-state index contributed by atoms with van der Waals surface area (Å²) >= 11 is 6.05. The minimum absolute atomic E-state index is 0.0225. The monoisotopic (exact) mass is 364 g/mol. The first kappa shape index (κ1) is 18.7. The fourth-order valence-corrected chi connectivity index (χ4v) is 2.23. The molecular formula is C18H21ClN2O4. The maximum Gasteiger partial charge on any atom is 0.321 e. The lowest BCUT2D eigenvalue weighted by molar-refractivity contribution is 0.234. The van der Waals surface area contributed by atoms with Crippen molar-refractivity contribution in [3.05, 3.63) is 47.0 Å². The van der Waals surface area contributed by atoms with Crippen LogP contribution in [0, 0.1) is 6.92 Å². The highest BCUT2D eigenvalue weighted by Crippen LogP contribution is 2.30. The number of methoxy groups -OCH3 is 1. The van der Waals surface area contributed by atoms with E-state index >= 15 is 0 Å². The van der Waals surface area contributed by atoms with Crippen LogP contribution in [0.1, 0.15) is 12.5 Å². The Morgan fingerprint density at radius 3 is 2.36 bits per heavy atom. The Labute approximate surface area is 152 Å². The molecule has 0 saturated carbocycles. The van der Waals surface area contributed by atoms with Gasteiger partial charge in [-0.2, -0.15) is 0 Å². The molecule has 2 rings (SSSR count). The van der Waals surface area contributed by atoms with Crippen LogP contribution in [-0.2, 0) is 0 Å². The third kappa shape index (κ3) is 5.46. The number of halogens is 1. The zero-order valence-electron chi connectivity index (χ0n) is 14.4. The summed E-state index contributed by atoms with van der Waals surface area (Å²) in [7, 11) is 1.51. The van der Waals surface area contributed by atoms with Crippen LogP contribution in [0.4, 0.5) is 10.5 Å². The molecular weight excluding hydrogens is 344 g/mol. The van der Waals surface area contributed by atoms with E-state index in [9.17, 15) is 4.79 Å². The molecule has 0 aliphatic carbocycles. The number of aryl methyl sites for hydroxylation is 1. The predicted octanol–water partition coefficient (Wildman–Crippen LogP) is 4.21. The third-order valence-electron chi connectivity index (χ3n) is 3.34. The lowest BCUT2D eigenvalue weighted by atomic mass is 10.2. The van der Waals surface area contributed by atoms with Crippen molar-refractivity contribution in [3.8, 4) is 17.2 Å².